The third-order valence-electron chi connectivity index (χ3n) is 4.47. The average Bonchev–Trinajstić information content (AvgIpc) is 3.04. The molecular formula is C19H30N2O3. The maximum atomic E-state index is 12.1. The Labute approximate surface area is 145 Å². The first-order chi connectivity index (χ1) is 11.5. The molecule has 1 aliphatic heterocycles. The second kappa shape index (κ2) is 8.92. The summed E-state index contributed by atoms with van der Waals surface area (Å²) in [5.41, 5.74) is 2.35. The summed E-state index contributed by atoms with van der Waals surface area (Å²) < 4.78 is 11.2. The highest BCUT2D eigenvalue weighted by atomic mass is 16.6. The van der Waals surface area contributed by atoms with Crippen LogP contribution >= 0.6 is 0 Å². The summed E-state index contributed by atoms with van der Waals surface area (Å²) in [6, 6.07) is 6.08. The fraction of sp³-hybridized carbons (Fsp3) is 0.632. The molecule has 1 heterocycles. The van der Waals surface area contributed by atoms with Crippen LogP contribution in [0.3, 0.4) is 0 Å². The SMILES string of the molecule is Cc1cc(C)cc(OCC(C)N(C)C(=O)OCCN2CCCC2)c1. The summed E-state index contributed by atoms with van der Waals surface area (Å²) in [5.74, 6) is 0.843. The van der Waals surface area contributed by atoms with Gasteiger partial charge in [0.25, 0.3) is 0 Å². The molecule has 134 valence electrons. The van der Waals surface area contributed by atoms with Crippen LogP contribution in [0.15, 0.2) is 18.2 Å². The topological polar surface area (TPSA) is 42.0 Å². The van der Waals surface area contributed by atoms with Crippen molar-refractivity contribution < 1.29 is 14.3 Å². The van der Waals surface area contributed by atoms with E-state index in [-0.39, 0.29) is 12.1 Å². The average molecular weight is 334 g/mol. The van der Waals surface area contributed by atoms with Crippen molar-refractivity contribution in [1.82, 2.24) is 9.80 Å². The Bertz CT molecular complexity index is 521. The maximum Gasteiger partial charge on any atom is 0.409 e. The van der Waals surface area contributed by atoms with Crippen molar-refractivity contribution >= 4 is 6.09 Å². The molecule has 0 radical (unpaired) electrons. The van der Waals surface area contributed by atoms with Crippen LogP contribution in [0, 0.1) is 13.8 Å². The number of carbonyl (C=O) groups excluding carboxylic acids is 1. The highest BCUT2D eigenvalue weighted by Crippen LogP contribution is 2.17. The minimum absolute atomic E-state index is 0.0508. The quantitative estimate of drug-likeness (QED) is 0.768. The molecule has 1 fully saturated rings. The van der Waals surface area contributed by atoms with Gasteiger partial charge in [0.05, 0.1) is 6.04 Å². The molecule has 0 aliphatic carbocycles. The van der Waals surface area contributed by atoms with E-state index in [2.05, 4.69) is 11.0 Å². The molecule has 5 nitrogen and oxygen atoms in total. The smallest absolute Gasteiger partial charge is 0.409 e. The number of aryl methyl sites for hydroxylation is 2. The van der Waals surface area contributed by atoms with Gasteiger partial charge in [-0.2, -0.15) is 0 Å². The second-order valence-electron chi connectivity index (χ2n) is 6.76. The molecule has 1 unspecified atom stereocenters. The number of amides is 1. The molecule has 0 aromatic heterocycles. The first kappa shape index (κ1) is 18.6. The summed E-state index contributed by atoms with van der Waals surface area (Å²) in [6.07, 6.45) is 2.21. The predicted octanol–water partition coefficient (Wildman–Crippen LogP) is 3.23. The van der Waals surface area contributed by atoms with Crippen molar-refractivity contribution in [2.45, 2.75) is 39.7 Å². The number of carbonyl (C=O) groups is 1. The van der Waals surface area contributed by atoms with Crippen LogP contribution in [0.5, 0.6) is 5.75 Å². The lowest BCUT2D eigenvalue weighted by molar-refractivity contribution is 0.0815. The highest BCUT2D eigenvalue weighted by molar-refractivity contribution is 5.67. The number of benzene rings is 1. The van der Waals surface area contributed by atoms with Crippen LogP contribution in [0.25, 0.3) is 0 Å². The molecule has 1 aliphatic rings. The van der Waals surface area contributed by atoms with Gasteiger partial charge in [0.1, 0.15) is 19.0 Å². The van der Waals surface area contributed by atoms with E-state index in [9.17, 15) is 4.79 Å². The molecule has 1 atom stereocenters. The minimum atomic E-state index is -0.286. The van der Waals surface area contributed by atoms with Gasteiger partial charge in [-0.15, -0.1) is 0 Å². The molecule has 1 aromatic carbocycles. The first-order valence-corrected chi connectivity index (χ1v) is 8.79. The van der Waals surface area contributed by atoms with Crippen molar-refractivity contribution in [3.63, 3.8) is 0 Å². The molecule has 0 N–H and O–H groups in total. The zero-order chi connectivity index (χ0) is 17.5. The van der Waals surface area contributed by atoms with Gasteiger partial charge in [0.15, 0.2) is 0 Å². The van der Waals surface area contributed by atoms with Crippen molar-refractivity contribution in [2.24, 2.45) is 0 Å². The Hall–Kier alpha value is -1.75. The molecule has 5 heteroatoms. The number of likely N-dealkylation sites (N-methyl/N-ethyl adjacent to an activating group) is 1. The Kier molecular flexibility index (Phi) is 6.91. The Morgan fingerprint density at radius 1 is 1.21 bits per heavy atom. The third-order valence-corrected chi connectivity index (χ3v) is 4.47. The number of nitrogens with zero attached hydrogens (tertiary/aromatic N) is 2. The summed E-state index contributed by atoms with van der Waals surface area (Å²) >= 11 is 0. The van der Waals surface area contributed by atoms with E-state index in [1.165, 1.54) is 24.0 Å². The van der Waals surface area contributed by atoms with E-state index in [0.29, 0.717) is 13.2 Å². The zero-order valence-electron chi connectivity index (χ0n) is 15.4. The van der Waals surface area contributed by atoms with Crippen molar-refractivity contribution in [3.05, 3.63) is 29.3 Å². The summed E-state index contributed by atoms with van der Waals surface area (Å²) in [5, 5.41) is 0. The van der Waals surface area contributed by atoms with Crippen molar-refractivity contribution in [2.75, 3.05) is 39.9 Å². The molecule has 1 amide bonds. The number of hydrogen-bond acceptors (Lipinski definition) is 4. The van der Waals surface area contributed by atoms with E-state index in [4.69, 9.17) is 9.47 Å². The predicted molar refractivity (Wildman–Crippen MR) is 95.7 cm³/mol. The van der Waals surface area contributed by atoms with E-state index < -0.39 is 0 Å². The molecule has 0 spiro atoms. The van der Waals surface area contributed by atoms with Gasteiger partial charge < -0.3 is 14.4 Å². The number of hydrogen-bond donors (Lipinski definition) is 0. The normalized spacial score (nSPS) is 16.0. The van der Waals surface area contributed by atoms with Crippen LogP contribution in [0.1, 0.15) is 30.9 Å². The molecule has 1 saturated heterocycles. The Morgan fingerprint density at radius 3 is 2.46 bits per heavy atom. The molecule has 1 aromatic rings. The van der Waals surface area contributed by atoms with Gasteiger partial charge in [-0.1, -0.05) is 6.07 Å². The summed E-state index contributed by atoms with van der Waals surface area (Å²) in [7, 11) is 1.76. The van der Waals surface area contributed by atoms with Gasteiger partial charge in [-0.05, 0) is 70.0 Å². The van der Waals surface area contributed by atoms with Crippen LogP contribution in [-0.4, -0.2) is 61.8 Å². The van der Waals surface area contributed by atoms with Gasteiger partial charge in [-0.25, -0.2) is 4.79 Å². The monoisotopic (exact) mass is 334 g/mol. The molecular weight excluding hydrogens is 304 g/mol. The molecule has 2 rings (SSSR count). The minimum Gasteiger partial charge on any atom is -0.491 e. The van der Waals surface area contributed by atoms with Crippen LogP contribution in [-0.2, 0) is 4.74 Å². The largest absolute Gasteiger partial charge is 0.491 e. The van der Waals surface area contributed by atoms with Crippen LogP contribution < -0.4 is 4.74 Å². The lowest BCUT2D eigenvalue weighted by atomic mass is 10.1. The lowest BCUT2D eigenvalue weighted by Gasteiger charge is -2.25. The Morgan fingerprint density at radius 2 is 1.83 bits per heavy atom. The summed E-state index contributed by atoms with van der Waals surface area (Å²) in [6.45, 7) is 10.0. The first-order valence-electron chi connectivity index (χ1n) is 8.79. The molecule has 0 saturated carbocycles. The van der Waals surface area contributed by atoms with Crippen LogP contribution in [0.4, 0.5) is 4.79 Å². The van der Waals surface area contributed by atoms with Crippen molar-refractivity contribution in [3.8, 4) is 5.75 Å². The van der Waals surface area contributed by atoms with Gasteiger partial charge in [0.2, 0.25) is 0 Å². The summed E-state index contributed by atoms with van der Waals surface area (Å²) in [4.78, 5) is 16.0. The maximum absolute atomic E-state index is 12.1. The zero-order valence-corrected chi connectivity index (χ0v) is 15.4. The van der Waals surface area contributed by atoms with E-state index in [0.717, 1.165) is 25.4 Å². The Balaban J connectivity index is 1.71. The van der Waals surface area contributed by atoms with E-state index in [1.807, 2.05) is 32.9 Å². The van der Waals surface area contributed by atoms with Gasteiger partial charge in [-0.3, -0.25) is 4.90 Å². The second-order valence-corrected chi connectivity index (χ2v) is 6.76. The highest BCUT2D eigenvalue weighted by Gasteiger charge is 2.18. The fourth-order valence-electron chi connectivity index (χ4n) is 2.89. The number of rotatable bonds is 7. The molecule has 0 bridgehead atoms. The third kappa shape index (κ3) is 5.71. The number of ether oxygens (including phenoxy) is 2. The van der Waals surface area contributed by atoms with Crippen molar-refractivity contribution in [1.29, 1.82) is 0 Å². The van der Waals surface area contributed by atoms with Gasteiger partial charge in [0, 0.05) is 13.6 Å². The van der Waals surface area contributed by atoms with E-state index in [1.54, 1.807) is 11.9 Å². The lowest BCUT2D eigenvalue weighted by Crippen LogP contribution is -2.40. The van der Waals surface area contributed by atoms with E-state index >= 15 is 0 Å². The molecule has 24 heavy (non-hydrogen) atoms. The number of likely N-dealkylation sites (tertiary alicyclic amines) is 1. The fourth-order valence-corrected chi connectivity index (χ4v) is 2.89. The van der Waals surface area contributed by atoms with Gasteiger partial charge >= 0.3 is 6.09 Å². The standard InChI is InChI=1S/C19H30N2O3/c1-15-11-16(2)13-18(12-15)24-14-17(3)20(4)19(22)23-10-9-21-7-5-6-8-21/h11-13,17H,5-10,14H2,1-4H3. The van der Waals surface area contributed by atoms with Crippen LogP contribution in [0.2, 0.25) is 0 Å².